The van der Waals surface area contributed by atoms with Crippen LogP contribution in [0.4, 0.5) is 4.79 Å². The van der Waals surface area contributed by atoms with E-state index in [4.69, 9.17) is 10.9 Å². The summed E-state index contributed by atoms with van der Waals surface area (Å²) < 4.78 is 0. The van der Waals surface area contributed by atoms with Gasteiger partial charge in [0.1, 0.15) is 0 Å². The van der Waals surface area contributed by atoms with Crippen LogP contribution in [0.15, 0.2) is 5.16 Å². The number of nitrogens with zero attached hydrogens (tertiary/aromatic N) is 2. The molecule has 6 heteroatoms. The van der Waals surface area contributed by atoms with Crippen molar-refractivity contribution in [2.24, 2.45) is 10.9 Å². The number of oxime groups is 1. The molecular weight excluding hydrogens is 196 g/mol. The molecule has 84 valence electrons. The minimum atomic E-state index is -0.242. The van der Waals surface area contributed by atoms with Gasteiger partial charge < -0.3 is 21.2 Å². The van der Waals surface area contributed by atoms with Gasteiger partial charge in [0.2, 0.25) is 0 Å². The molecule has 15 heavy (non-hydrogen) atoms. The number of urea groups is 1. The second-order valence-corrected chi connectivity index (χ2v) is 4.10. The summed E-state index contributed by atoms with van der Waals surface area (Å²) in [7, 11) is 0. The van der Waals surface area contributed by atoms with Crippen molar-refractivity contribution in [3.8, 4) is 0 Å². The van der Waals surface area contributed by atoms with Crippen molar-refractivity contribution in [1.82, 2.24) is 10.2 Å². The van der Waals surface area contributed by atoms with Crippen molar-refractivity contribution >= 4 is 11.9 Å². The molecule has 1 aliphatic heterocycles. The predicted octanol–water partition coefficient (Wildman–Crippen LogP) is 0.0692. The number of hydrogen-bond acceptors (Lipinski definition) is 3. The van der Waals surface area contributed by atoms with E-state index in [0.29, 0.717) is 12.6 Å². The molecule has 2 rings (SSSR count). The summed E-state index contributed by atoms with van der Waals surface area (Å²) in [5, 5.41) is 14.5. The van der Waals surface area contributed by atoms with Gasteiger partial charge in [-0.15, -0.1) is 0 Å². The Hall–Kier alpha value is -1.46. The second-order valence-electron chi connectivity index (χ2n) is 4.10. The lowest BCUT2D eigenvalue weighted by molar-refractivity contribution is 0.201. The maximum atomic E-state index is 11.7. The molecule has 2 fully saturated rings. The monoisotopic (exact) mass is 212 g/mol. The Morgan fingerprint density at radius 2 is 2.20 bits per heavy atom. The van der Waals surface area contributed by atoms with Crippen molar-refractivity contribution in [3.63, 3.8) is 0 Å². The van der Waals surface area contributed by atoms with Gasteiger partial charge in [0.25, 0.3) is 0 Å². The third-order valence-corrected chi connectivity index (χ3v) is 2.88. The number of carbonyl (C=O) groups is 1. The summed E-state index contributed by atoms with van der Waals surface area (Å²) >= 11 is 0. The van der Waals surface area contributed by atoms with E-state index in [0.717, 1.165) is 25.7 Å². The minimum absolute atomic E-state index is 0.0911. The normalized spacial score (nSPS) is 26.8. The Kier molecular flexibility index (Phi) is 2.66. The van der Waals surface area contributed by atoms with E-state index in [1.807, 2.05) is 0 Å². The number of likely N-dealkylation sites (tertiary alicyclic amines) is 1. The molecule has 2 aliphatic rings. The summed E-state index contributed by atoms with van der Waals surface area (Å²) in [6, 6.07) is 0.00592. The van der Waals surface area contributed by atoms with Gasteiger partial charge in [0.15, 0.2) is 5.84 Å². The van der Waals surface area contributed by atoms with Gasteiger partial charge in [-0.3, -0.25) is 0 Å². The van der Waals surface area contributed by atoms with Crippen LogP contribution in [-0.2, 0) is 0 Å². The van der Waals surface area contributed by atoms with Crippen LogP contribution in [0.3, 0.4) is 0 Å². The molecule has 0 aromatic carbocycles. The lowest BCUT2D eigenvalue weighted by atomic mass is 10.2. The lowest BCUT2D eigenvalue weighted by Gasteiger charge is -2.23. The van der Waals surface area contributed by atoms with Crippen molar-refractivity contribution in [3.05, 3.63) is 0 Å². The highest BCUT2D eigenvalue weighted by Gasteiger charge is 2.34. The summed E-state index contributed by atoms with van der Waals surface area (Å²) in [6.07, 6.45) is 3.80. The van der Waals surface area contributed by atoms with E-state index in [1.165, 1.54) is 0 Å². The summed E-state index contributed by atoms with van der Waals surface area (Å²) in [5.74, 6) is 0.124. The molecule has 0 radical (unpaired) electrons. The number of amides is 2. The molecule has 1 saturated carbocycles. The van der Waals surface area contributed by atoms with Crippen molar-refractivity contribution in [2.45, 2.75) is 37.8 Å². The van der Waals surface area contributed by atoms with E-state index in [-0.39, 0.29) is 17.9 Å². The third-order valence-electron chi connectivity index (χ3n) is 2.88. The Balaban J connectivity index is 1.96. The molecule has 6 nitrogen and oxygen atoms in total. The third kappa shape index (κ3) is 2.14. The zero-order valence-corrected chi connectivity index (χ0v) is 8.52. The first-order valence-electron chi connectivity index (χ1n) is 5.27. The number of amidine groups is 1. The largest absolute Gasteiger partial charge is 0.409 e. The average molecular weight is 212 g/mol. The maximum absolute atomic E-state index is 11.7. The molecule has 2 amide bonds. The van der Waals surface area contributed by atoms with Crippen LogP contribution in [0.5, 0.6) is 0 Å². The van der Waals surface area contributed by atoms with E-state index in [2.05, 4.69) is 10.5 Å². The number of nitrogens with one attached hydrogen (secondary N) is 1. The zero-order chi connectivity index (χ0) is 10.8. The summed E-state index contributed by atoms with van der Waals surface area (Å²) in [4.78, 5) is 13.4. The lowest BCUT2D eigenvalue weighted by Crippen LogP contribution is -2.48. The Labute approximate surface area is 88.1 Å². The van der Waals surface area contributed by atoms with Gasteiger partial charge in [-0.1, -0.05) is 5.16 Å². The average Bonchev–Trinajstić information content (AvgIpc) is 2.90. The van der Waals surface area contributed by atoms with Crippen LogP contribution in [0, 0.1) is 0 Å². The number of carbonyl (C=O) groups excluding carboxylic acids is 1. The van der Waals surface area contributed by atoms with Gasteiger partial charge in [-0.25, -0.2) is 4.79 Å². The quantitative estimate of drug-likeness (QED) is 0.262. The smallest absolute Gasteiger partial charge is 0.318 e. The standard InChI is InChI=1S/C9H16N4O2/c10-8(12-15)7-2-1-5-13(7)9(14)11-6-3-4-6/h6-7,15H,1-5H2,(H2,10,12)(H,11,14). The highest BCUT2D eigenvalue weighted by atomic mass is 16.4. The molecule has 1 atom stereocenters. The van der Waals surface area contributed by atoms with Crippen LogP contribution in [0.25, 0.3) is 0 Å². The fourth-order valence-electron chi connectivity index (χ4n) is 1.87. The molecule has 1 heterocycles. The van der Waals surface area contributed by atoms with E-state index in [9.17, 15) is 4.79 Å². The fraction of sp³-hybridized carbons (Fsp3) is 0.778. The van der Waals surface area contributed by atoms with Gasteiger partial charge in [0.05, 0.1) is 6.04 Å². The molecule has 0 aromatic heterocycles. The first-order chi connectivity index (χ1) is 7.22. The highest BCUT2D eigenvalue weighted by molar-refractivity contribution is 5.90. The molecule has 1 unspecified atom stereocenters. The number of rotatable bonds is 2. The molecule has 0 aromatic rings. The van der Waals surface area contributed by atoms with Crippen LogP contribution in [0.1, 0.15) is 25.7 Å². The van der Waals surface area contributed by atoms with E-state index < -0.39 is 0 Å². The van der Waals surface area contributed by atoms with Crippen LogP contribution < -0.4 is 11.1 Å². The molecule has 0 spiro atoms. The Bertz CT molecular complexity index is 288. The van der Waals surface area contributed by atoms with Gasteiger partial charge >= 0.3 is 6.03 Å². The van der Waals surface area contributed by atoms with Crippen molar-refractivity contribution < 1.29 is 10.0 Å². The van der Waals surface area contributed by atoms with Gasteiger partial charge in [-0.2, -0.15) is 0 Å². The van der Waals surface area contributed by atoms with Crippen LogP contribution in [-0.4, -0.2) is 40.6 Å². The first kappa shape index (κ1) is 10.1. The maximum Gasteiger partial charge on any atom is 0.318 e. The van der Waals surface area contributed by atoms with Gasteiger partial charge in [-0.05, 0) is 25.7 Å². The summed E-state index contributed by atoms with van der Waals surface area (Å²) in [5.41, 5.74) is 5.53. The minimum Gasteiger partial charge on any atom is -0.409 e. The molecule has 4 N–H and O–H groups in total. The fourth-order valence-corrected chi connectivity index (χ4v) is 1.87. The van der Waals surface area contributed by atoms with Gasteiger partial charge in [0, 0.05) is 12.6 Å². The first-order valence-corrected chi connectivity index (χ1v) is 5.27. The molecular formula is C9H16N4O2. The molecule has 0 bridgehead atoms. The van der Waals surface area contributed by atoms with Crippen molar-refractivity contribution in [1.29, 1.82) is 0 Å². The topological polar surface area (TPSA) is 91.0 Å². The summed E-state index contributed by atoms with van der Waals surface area (Å²) in [6.45, 7) is 0.680. The molecule has 1 saturated heterocycles. The van der Waals surface area contributed by atoms with E-state index >= 15 is 0 Å². The zero-order valence-electron chi connectivity index (χ0n) is 8.52. The number of nitrogens with two attached hydrogens (primary N) is 1. The van der Waals surface area contributed by atoms with Crippen molar-refractivity contribution in [2.75, 3.05) is 6.54 Å². The number of hydrogen-bond donors (Lipinski definition) is 3. The van der Waals surface area contributed by atoms with Crippen LogP contribution >= 0.6 is 0 Å². The Morgan fingerprint density at radius 3 is 2.80 bits per heavy atom. The predicted molar refractivity (Wildman–Crippen MR) is 54.7 cm³/mol. The highest BCUT2D eigenvalue weighted by Crippen LogP contribution is 2.22. The van der Waals surface area contributed by atoms with Crippen LogP contribution in [0.2, 0.25) is 0 Å². The SMILES string of the molecule is NC(=NO)C1CCCN1C(=O)NC1CC1. The Morgan fingerprint density at radius 1 is 1.47 bits per heavy atom. The molecule has 1 aliphatic carbocycles. The second kappa shape index (κ2) is 3.96. The van der Waals surface area contributed by atoms with E-state index in [1.54, 1.807) is 4.90 Å².